The maximum absolute atomic E-state index is 2.83. The van der Waals surface area contributed by atoms with Crippen LogP contribution in [0.3, 0.4) is 0 Å². The van der Waals surface area contributed by atoms with Crippen LogP contribution in [0.5, 0.6) is 0 Å². The summed E-state index contributed by atoms with van der Waals surface area (Å²) in [6.45, 7) is 17.2. The average Bonchev–Trinajstić information content (AvgIpc) is 1.41. The first-order valence-electron chi connectivity index (χ1n) is 30.3. The molecular formula is C78H70BN3. The van der Waals surface area contributed by atoms with E-state index in [4.69, 9.17) is 0 Å². The third kappa shape index (κ3) is 6.90. The van der Waals surface area contributed by atoms with Crippen molar-refractivity contribution in [3.63, 3.8) is 0 Å². The molecule has 5 aliphatic heterocycles. The van der Waals surface area contributed by atoms with E-state index in [2.05, 4.69) is 288 Å². The van der Waals surface area contributed by atoms with E-state index in [-0.39, 0.29) is 33.9 Å². The van der Waals surface area contributed by atoms with Crippen LogP contribution in [0.1, 0.15) is 120 Å². The van der Waals surface area contributed by atoms with Gasteiger partial charge in [-0.05, 0) is 176 Å². The molecule has 0 amide bonds. The molecule has 0 aromatic heterocycles. The van der Waals surface area contributed by atoms with Crippen LogP contribution in [0.4, 0.5) is 45.5 Å². The third-order valence-corrected chi connectivity index (χ3v) is 21.0. The zero-order valence-corrected chi connectivity index (χ0v) is 48.5. The molecule has 0 saturated heterocycles. The van der Waals surface area contributed by atoms with Gasteiger partial charge in [0.1, 0.15) is 0 Å². The first-order chi connectivity index (χ1) is 39.7. The number of benzene rings is 10. The lowest BCUT2D eigenvalue weighted by molar-refractivity contribution is 0.215. The Balaban J connectivity index is 1.06. The molecule has 3 nitrogen and oxygen atoms in total. The van der Waals surface area contributed by atoms with Gasteiger partial charge >= 0.3 is 0 Å². The first-order valence-corrected chi connectivity index (χ1v) is 30.3. The highest BCUT2D eigenvalue weighted by molar-refractivity contribution is 7.00. The molecule has 10 aromatic carbocycles. The van der Waals surface area contributed by atoms with Crippen molar-refractivity contribution in [3.05, 3.63) is 258 Å². The molecule has 3 atom stereocenters. The molecule has 1 saturated carbocycles. The number of para-hydroxylation sites is 1. The lowest BCUT2D eigenvalue weighted by atomic mass is 9.33. The van der Waals surface area contributed by atoms with Crippen molar-refractivity contribution in [2.45, 2.75) is 114 Å². The predicted octanol–water partition coefficient (Wildman–Crippen LogP) is 18.5. The van der Waals surface area contributed by atoms with Gasteiger partial charge < -0.3 is 14.7 Å². The molecule has 400 valence electrons. The lowest BCUT2D eigenvalue weighted by Gasteiger charge is -2.53. The fourth-order valence-electron chi connectivity index (χ4n) is 16.7. The van der Waals surface area contributed by atoms with Crippen molar-refractivity contribution in [2.24, 2.45) is 0 Å². The van der Waals surface area contributed by atoms with Crippen LogP contribution in [-0.4, -0.2) is 12.3 Å². The van der Waals surface area contributed by atoms with Crippen molar-refractivity contribution in [1.29, 1.82) is 0 Å². The molecular weight excluding hydrogens is 990 g/mol. The monoisotopic (exact) mass is 1060 g/mol. The van der Waals surface area contributed by atoms with E-state index < -0.39 is 0 Å². The van der Waals surface area contributed by atoms with Crippen molar-refractivity contribution in [2.75, 3.05) is 14.7 Å². The summed E-state index contributed by atoms with van der Waals surface area (Å²) >= 11 is 0. The smallest absolute Gasteiger partial charge is 0.252 e. The Kier molecular flexibility index (Phi) is 10.6. The van der Waals surface area contributed by atoms with Gasteiger partial charge in [0, 0.05) is 56.2 Å². The Bertz CT molecular complexity index is 4220. The highest BCUT2D eigenvalue weighted by atomic mass is 15.3. The van der Waals surface area contributed by atoms with E-state index in [1.165, 1.54) is 136 Å². The van der Waals surface area contributed by atoms with Gasteiger partial charge in [-0.1, -0.05) is 224 Å². The number of hydrogen-bond donors (Lipinski definition) is 0. The van der Waals surface area contributed by atoms with Gasteiger partial charge in [0.15, 0.2) is 0 Å². The summed E-state index contributed by atoms with van der Waals surface area (Å²) in [6.07, 6.45) is 6.72. The van der Waals surface area contributed by atoms with Crippen molar-refractivity contribution in [3.8, 4) is 33.4 Å². The van der Waals surface area contributed by atoms with E-state index in [0.29, 0.717) is 0 Å². The molecule has 5 heterocycles. The molecule has 2 aliphatic carbocycles. The predicted molar refractivity (Wildman–Crippen MR) is 347 cm³/mol. The standard InChI is InChI=1S/C78H70BN3/c1-74(2,3)58-36-40-67-61(46-58)54-29-34-56(35-30-54)76(6)44-43-75(4,5)63-49-66-70(50-64(63)76)81(67)72-48-60(82-68-28-18-17-27-62(68)78(57-25-15-10-16-26-57)42-20-19-41-77(78,82)7)47-71-73(72)79(66)65-45-55(52-23-13-9-14-24-52)33-39-69(65)80(71)59-37-31-53(32-38-59)51-21-11-8-12-22-51/h8-18,21-40,45-50H,19-20,41-44H2,1-7H3. The number of nitrogens with zero attached hydrogens (tertiary/aromatic N) is 3. The van der Waals surface area contributed by atoms with Gasteiger partial charge in [-0.3, -0.25) is 0 Å². The van der Waals surface area contributed by atoms with Crippen molar-refractivity contribution < 1.29 is 0 Å². The number of rotatable bonds is 5. The molecule has 1 fully saturated rings. The summed E-state index contributed by atoms with van der Waals surface area (Å²) in [7, 11) is 0. The minimum absolute atomic E-state index is 0.0406. The SMILES string of the molecule is CC(C)(C)c1ccc2c(c1)-c1ccc(cc1)C1(C)CCC(C)(C)c3cc4c(cc31)N2c1cc(N2c3ccccc3C3(c5ccccc5)CCCCC23C)cc2c1B4c1cc(-c3ccccc3)ccc1N2c1ccc(-c2ccccc2)cc1. The van der Waals surface area contributed by atoms with Crippen molar-refractivity contribution >= 4 is 68.6 Å². The zero-order valence-electron chi connectivity index (χ0n) is 48.5. The summed E-state index contributed by atoms with van der Waals surface area (Å²) in [5, 5.41) is 0. The minimum Gasteiger partial charge on any atom is -0.334 e. The van der Waals surface area contributed by atoms with Gasteiger partial charge in [0.05, 0.1) is 11.2 Å². The summed E-state index contributed by atoms with van der Waals surface area (Å²) in [5.41, 5.74) is 29.1. The zero-order chi connectivity index (χ0) is 55.5. The Labute approximate surface area is 486 Å². The highest BCUT2D eigenvalue weighted by Crippen LogP contribution is 2.65. The minimum atomic E-state index is -0.278. The maximum atomic E-state index is 2.83. The molecule has 17 rings (SSSR count). The molecule has 4 heteroatoms. The fraction of sp³-hybridized carbons (Fsp3) is 0.231. The second-order valence-electron chi connectivity index (χ2n) is 26.9. The second kappa shape index (κ2) is 17.6. The summed E-state index contributed by atoms with van der Waals surface area (Å²) in [5.74, 6) is 0. The Morgan fingerprint density at radius 3 is 1.71 bits per heavy atom. The molecule has 7 aliphatic rings. The largest absolute Gasteiger partial charge is 0.334 e. The molecule has 4 bridgehead atoms. The van der Waals surface area contributed by atoms with Gasteiger partial charge in [-0.15, -0.1) is 0 Å². The Morgan fingerprint density at radius 1 is 0.390 bits per heavy atom. The molecule has 3 unspecified atom stereocenters. The van der Waals surface area contributed by atoms with E-state index in [1.807, 2.05) is 0 Å². The average molecular weight is 1060 g/mol. The Hall–Kier alpha value is -8.34. The van der Waals surface area contributed by atoms with Crippen LogP contribution in [0.15, 0.2) is 224 Å². The first kappa shape index (κ1) is 49.5. The number of hydrogen-bond acceptors (Lipinski definition) is 3. The molecule has 0 radical (unpaired) electrons. The van der Waals surface area contributed by atoms with Crippen molar-refractivity contribution in [1.82, 2.24) is 0 Å². The molecule has 0 N–H and O–H groups in total. The Morgan fingerprint density at radius 2 is 0.988 bits per heavy atom. The van der Waals surface area contributed by atoms with E-state index >= 15 is 0 Å². The summed E-state index contributed by atoms with van der Waals surface area (Å²) < 4.78 is 0. The van der Waals surface area contributed by atoms with Gasteiger partial charge in [0.2, 0.25) is 0 Å². The van der Waals surface area contributed by atoms with E-state index in [9.17, 15) is 0 Å². The van der Waals surface area contributed by atoms with E-state index in [1.54, 1.807) is 0 Å². The normalized spacial score (nSPS) is 21.2. The quantitative estimate of drug-likeness (QED) is 0.159. The lowest BCUT2D eigenvalue weighted by Crippen LogP contribution is -2.62. The summed E-state index contributed by atoms with van der Waals surface area (Å²) in [6, 6.07) is 87.7. The van der Waals surface area contributed by atoms with Crippen LogP contribution < -0.4 is 31.1 Å². The van der Waals surface area contributed by atoms with Gasteiger partial charge in [-0.25, -0.2) is 0 Å². The van der Waals surface area contributed by atoms with Crippen LogP contribution >= 0.6 is 0 Å². The van der Waals surface area contributed by atoms with E-state index in [0.717, 1.165) is 31.4 Å². The van der Waals surface area contributed by atoms with Crippen LogP contribution in [-0.2, 0) is 21.7 Å². The summed E-state index contributed by atoms with van der Waals surface area (Å²) in [4.78, 5) is 8.24. The topological polar surface area (TPSA) is 9.72 Å². The fourth-order valence-corrected chi connectivity index (χ4v) is 16.7. The van der Waals surface area contributed by atoms with Gasteiger partial charge in [0.25, 0.3) is 6.71 Å². The second-order valence-corrected chi connectivity index (χ2v) is 26.9. The number of fused-ring (bicyclic) bond motifs is 8. The highest BCUT2D eigenvalue weighted by Gasteiger charge is 2.61. The van der Waals surface area contributed by atoms with Crippen LogP contribution in [0.2, 0.25) is 0 Å². The number of anilines is 8. The molecule has 82 heavy (non-hydrogen) atoms. The van der Waals surface area contributed by atoms with Crippen LogP contribution in [0, 0.1) is 0 Å². The molecule has 10 aromatic rings. The maximum Gasteiger partial charge on any atom is 0.252 e. The molecule has 0 spiro atoms. The van der Waals surface area contributed by atoms with Crippen LogP contribution in [0.25, 0.3) is 33.4 Å². The third-order valence-electron chi connectivity index (χ3n) is 21.0. The van der Waals surface area contributed by atoms with Gasteiger partial charge in [-0.2, -0.15) is 0 Å².